The van der Waals surface area contributed by atoms with E-state index in [1.54, 1.807) is 54.6 Å². The summed E-state index contributed by atoms with van der Waals surface area (Å²) < 4.78 is 0. The zero-order valence-corrected chi connectivity index (χ0v) is 20.4. The molecule has 1 heterocycles. The van der Waals surface area contributed by atoms with Gasteiger partial charge in [0.2, 0.25) is 0 Å². The summed E-state index contributed by atoms with van der Waals surface area (Å²) in [6.07, 6.45) is 0.469. The predicted octanol–water partition coefficient (Wildman–Crippen LogP) is 6.05. The van der Waals surface area contributed by atoms with Crippen LogP contribution < -0.4 is 16.0 Å². The Balaban J connectivity index is 1.29. The maximum Gasteiger partial charge on any atom is 0.323 e. The molecular weight excluding hydrogens is 511 g/mol. The molecule has 4 rings (SSSR count). The molecule has 0 aliphatic heterocycles. The minimum absolute atomic E-state index is 0.281. The van der Waals surface area contributed by atoms with Crippen LogP contribution in [0, 0.1) is 0 Å². The lowest BCUT2D eigenvalue weighted by Gasteiger charge is -2.10. The van der Waals surface area contributed by atoms with Crippen molar-refractivity contribution >= 4 is 58.1 Å². The van der Waals surface area contributed by atoms with E-state index in [9.17, 15) is 9.59 Å². The lowest BCUT2D eigenvalue weighted by molar-refractivity contribution is 0.0954. The van der Waals surface area contributed by atoms with Gasteiger partial charge in [0.1, 0.15) is 5.82 Å². The van der Waals surface area contributed by atoms with Crippen molar-refractivity contribution in [3.8, 4) is 11.4 Å². The van der Waals surface area contributed by atoms with Crippen LogP contribution in [-0.2, 0) is 6.42 Å². The largest absolute Gasteiger partial charge is 0.352 e. The maximum absolute atomic E-state index is 12.6. The van der Waals surface area contributed by atoms with Gasteiger partial charge in [-0.1, -0.05) is 40.9 Å². The fourth-order valence-electron chi connectivity index (χ4n) is 3.14. The highest BCUT2D eigenvalue weighted by Crippen LogP contribution is 2.25. The number of hydrogen-bond donors (Lipinski definition) is 4. The molecule has 3 aromatic carbocycles. The molecule has 0 unspecified atom stereocenters. The third-order valence-electron chi connectivity index (χ3n) is 4.84. The summed E-state index contributed by atoms with van der Waals surface area (Å²) in [5.74, 6) is 0.918. The van der Waals surface area contributed by atoms with Gasteiger partial charge < -0.3 is 16.0 Å². The second kappa shape index (κ2) is 11.2. The van der Waals surface area contributed by atoms with Crippen LogP contribution in [0.5, 0.6) is 0 Å². The molecule has 4 N–H and O–H groups in total. The van der Waals surface area contributed by atoms with Crippen LogP contribution in [-0.4, -0.2) is 33.7 Å². The first kappa shape index (κ1) is 24.5. The van der Waals surface area contributed by atoms with Crippen molar-refractivity contribution in [2.75, 3.05) is 17.2 Å². The summed E-state index contributed by atoms with van der Waals surface area (Å²) in [5.41, 5.74) is 2.18. The molecule has 0 saturated heterocycles. The Bertz CT molecular complexity index is 1360. The number of aromatic amines is 1. The van der Waals surface area contributed by atoms with Crippen LogP contribution in [0.25, 0.3) is 11.4 Å². The van der Waals surface area contributed by atoms with Crippen LogP contribution >= 0.6 is 34.8 Å². The van der Waals surface area contributed by atoms with Crippen LogP contribution in [0.2, 0.25) is 15.1 Å². The van der Waals surface area contributed by atoms with Crippen LogP contribution in [0.4, 0.5) is 16.2 Å². The van der Waals surface area contributed by atoms with Crippen molar-refractivity contribution < 1.29 is 9.59 Å². The van der Waals surface area contributed by atoms with E-state index in [1.807, 2.05) is 12.1 Å². The molecule has 3 amide bonds. The Hall–Kier alpha value is -3.59. The zero-order valence-electron chi connectivity index (χ0n) is 18.1. The van der Waals surface area contributed by atoms with Crippen molar-refractivity contribution in [1.29, 1.82) is 0 Å². The van der Waals surface area contributed by atoms with E-state index >= 15 is 0 Å². The van der Waals surface area contributed by atoms with E-state index in [4.69, 9.17) is 34.8 Å². The molecule has 11 heteroatoms. The van der Waals surface area contributed by atoms with Gasteiger partial charge in [-0.15, -0.1) is 0 Å². The molecule has 0 fully saturated rings. The van der Waals surface area contributed by atoms with Gasteiger partial charge in [0, 0.05) is 40.5 Å². The lowest BCUT2D eigenvalue weighted by atomic mass is 10.2. The first-order valence-corrected chi connectivity index (χ1v) is 11.6. The van der Waals surface area contributed by atoms with Crippen LogP contribution in [0.1, 0.15) is 16.2 Å². The summed E-state index contributed by atoms with van der Waals surface area (Å²) in [4.78, 5) is 29.3. The van der Waals surface area contributed by atoms with E-state index in [0.29, 0.717) is 56.6 Å². The van der Waals surface area contributed by atoms with Crippen LogP contribution in [0.15, 0.2) is 66.7 Å². The number of amides is 3. The molecule has 0 atom stereocenters. The van der Waals surface area contributed by atoms with Gasteiger partial charge in [0.05, 0.1) is 10.0 Å². The highest BCUT2D eigenvalue weighted by molar-refractivity contribution is 6.42. The quantitative estimate of drug-likeness (QED) is 0.233. The summed E-state index contributed by atoms with van der Waals surface area (Å²) in [6, 6.07) is 18.1. The van der Waals surface area contributed by atoms with Crippen LogP contribution in [0.3, 0.4) is 0 Å². The van der Waals surface area contributed by atoms with Crippen molar-refractivity contribution in [1.82, 2.24) is 20.5 Å². The standard InChI is InChI=1S/C24H19Cl3N6O2/c25-16-6-4-14(5-7-16)22-31-21(32-33-22)10-11-28-23(34)15-2-1-3-17(12-15)29-24(35)30-18-8-9-19(26)20(27)13-18/h1-9,12-13H,10-11H2,(H,28,34)(H2,29,30,35)(H,31,32,33). The fraction of sp³-hybridized carbons (Fsp3) is 0.0833. The number of nitrogens with one attached hydrogen (secondary N) is 4. The lowest BCUT2D eigenvalue weighted by Crippen LogP contribution is -2.26. The van der Waals surface area contributed by atoms with Gasteiger partial charge in [0.25, 0.3) is 5.91 Å². The Kier molecular flexibility index (Phi) is 7.87. The predicted molar refractivity (Wildman–Crippen MR) is 138 cm³/mol. The Morgan fingerprint density at radius 1 is 0.857 bits per heavy atom. The number of H-pyrrole nitrogens is 1. The molecular formula is C24H19Cl3N6O2. The molecule has 178 valence electrons. The highest BCUT2D eigenvalue weighted by atomic mass is 35.5. The highest BCUT2D eigenvalue weighted by Gasteiger charge is 2.10. The van der Waals surface area contributed by atoms with Gasteiger partial charge in [-0.05, 0) is 60.7 Å². The van der Waals surface area contributed by atoms with Crippen molar-refractivity contribution in [3.63, 3.8) is 0 Å². The molecule has 0 bridgehead atoms. The number of aromatic nitrogens is 3. The third-order valence-corrected chi connectivity index (χ3v) is 5.83. The Labute approximate surface area is 216 Å². The Morgan fingerprint density at radius 3 is 2.34 bits per heavy atom. The number of rotatable bonds is 7. The van der Waals surface area contributed by atoms with Crippen molar-refractivity contribution in [2.45, 2.75) is 6.42 Å². The van der Waals surface area contributed by atoms with Gasteiger partial charge >= 0.3 is 6.03 Å². The van der Waals surface area contributed by atoms with Gasteiger partial charge in [-0.25, -0.2) is 9.78 Å². The molecule has 0 radical (unpaired) electrons. The first-order chi connectivity index (χ1) is 16.9. The normalized spacial score (nSPS) is 10.6. The SMILES string of the molecule is O=C(Nc1cccc(C(=O)NCCc2nc(-c3ccc(Cl)cc3)n[nH]2)c1)Nc1ccc(Cl)c(Cl)c1. The number of carbonyl (C=O) groups is 2. The van der Waals surface area contributed by atoms with Gasteiger partial charge in [-0.3, -0.25) is 9.89 Å². The summed E-state index contributed by atoms with van der Waals surface area (Å²) in [6.45, 7) is 0.351. The third kappa shape index (κ3) is 6.73. The Morgan fingerprint density at radius 2 is 1.60 bits per heavy atom. The van der Waals surface area contributed by atoms with E-state index < -0.39 is 6.03 Å². The maximum atomic E-state index is 12.6. The number of urea groups is 1. The summed E-state index contributed by atoms with van der Waals surface area (Å²) in [5, 5.41) is 16.6. The number of halogens is 3. The van der Waals surface area contributed by atoms with Gasteiger partial charge in [-0.2, -0.15) is 5.10 Å². The molecule has 0 saturated carbocycles. The monoisotopic (exact) mass is 528 g/mol. The average Bonchev–Trinajstić information content (AvgIpc) is 3.31. The molecule has 35 heavy (non-hydrogen) atoms. The molecule has 0 spiro atoms. The molecule has 1 aromatic heterocycles. The van der Waals surface area contributed by atoms with E-state index in [0.717, 1.165) is 5.56 Å². The second-order valence-corrected chi connectivity index (χ2v) is 8.66. The minimum Gasteiger partial charge on any atom is -0.352 e. The number of anilines is 2. The topological polar surface area (TPSA) is 112 Å². The summed E-state index contributed by atoms with van der Waals surface area (Å²) in [7, 11) is 0. The minimum atomic E-state index is -0.484. The van der Waals surface area contributed by atoms with E-state index in [1.165, 1.54) is 0 Å². The molecule has 0 aliphatic carbocycles. The van der Waals surface area contributed by atoms with Gasteiger partial charge in [0.15, 0.2) is 5.82 Å². The molecule has 0 aliphatic rings. The number of carbonyl (C=O) groups excluding carboxylic acids is 2. The number of nitrogens with zero attached hydrogens (tertiary/aromatic N) is 2. The van der Waals surface area contributed by atoms with E-state index in [2.05, 4.69) is 31.1 Å². The molecule has 4 aromatic rings. The first-order valence-electron chi connectivity index (χ1n) is 10.5. The average molecular weight is 530 g/mol. The zero-order chi connectivity index (χ0) is 24.8. The molecule has 8 nitrogen and oxygen atoms in total. The van der Waals surface area contributed by atoms with Crippen molar-refractivity contribution in [2.24, 2.45) is 0 Å². The van der Waals surface area contributed by atoms with Crippen molar-refractivity contribution in [3.05, 3.63) is 93.2 Å². The van der Waals surface area contributed by atoms with E-state index in [-0.39, 0.29) is 5.91 Å². The number of benzene rings is 3. The smallest absolute Gasteiger partial charge is 0.323 e. The number of hydrogen-bond acceptors (Lipinski definition) is 4. The fourth-order valence-corrected chi connectivity index (χ4v) is 3.56. The summed E-state index contributed by atoms with van der Waals surface area (Å²) >= 11 is 17.8. The second-order valence-electron chi connectivity index (χ2n) is 7.41.